The van der Waals surface area contributed by atoms with Crippen LogP contribution in [0.4, 0.5) is 0 Å². The number of ketones is 1. The minimum Gasteiger partial charge on any atom is -0.493 e. The summed E-state index contributed by atoms with van der Waals surface area (Å²) in [5.41, 5.74) is -0.592. The van der Waals surface area contributed by atoms with Gasteiger partial charge in [-0.1, -0.05) is 18.2 Å². The van der Waals surface area contributed by atoms with E-state index in [4.69, 9.17) is 18.9 Å². The molecule has 130 valence electrons. The molecule has 5 atom stereocenters. The zero-order chi connectivity index (χ0) is 16.8. The van der Waals surface area contributed by atoms with Crippen molar-refractivity contribution in [2.24, 2.45) is 5.92 Å². The van der Waals surface area contributed by atoms with Crippen molar-refractivity contribution in [1.29, 1.82) is 0 Å². The molecule has 0 radical (unpaired) electrons. The van der Waals surface area contributed by atoms with E-state index in [0.29, 0.717) is 19.6 Å². The summed E-state index contributed by atoms with van der Waals surface area (Å²) >= 11 is 0. The standard InChI is InChI=1S/C19H24O5/c1-18(15(24-18)9-11-22-13-6-4-3-5-7-13)17-16(21-2)14(20)8-10-19(17)12-23-19/h3-7,15-17H,8-12H2,1-2H3/t15-,16-,17-,18-,19+/m1/s1. The number of Topliss-reactive ketones (excluding diaryl/α,β-unsaturated/α-hetero) is 1. The lowest BCUT2D eigenvalue weighted by Crippen LogP contribution is -2.53. The van der Waals surface area contributed by atoms with Gasteiger partial charge in [-0.05, 0) is 25.5 Å². The SMILES string of the molecule is CO[C@@H]1C(=O)CC[C@]2(CO2)[C@H]1[C@]1(C)O[C@@H]1CCOc1ccccc1. The second-order valence-electron chi connectivity index (χ2n) is 7.19. The van der Waals surface area contributed by atoms with Crippen molar-refractivity contribution < 1.29 is 23.7 Å². The summed E-state index contributed by atoms with van der Waals surface area (Å²) in [7, 11) is 1.61. The summed E-state index contributed by atoms with van der Waals surface area (Å²) in [5.74, 6) is 1.00. The number of rotatable bonds is 6. The predicted octanol–water partition coefficient (Wildman–Crippen LogP) is 2.38. The first kappa shape index (κ1) is 16.1. The highest BCUT2D eigenvalue weighted by atomic mass is 16.6. The smallest absolute Gasteiger partial charge is 0.162 e. The molecule has 1 spiro atoms. The topological polar surface area (TPSA) is 60.6 Å². The molecule has 1 aromatic rings. The van der Waals surface area contributed by atoms with Gasteiger partial charge in [0.05, 0.1) is 25.2 Å². The molecular weight excluding hydrogens is 308 g/mol. The summed E-state index contributed by atoms with van der Waals surface area (Å²) in [5, 5.41) is 0. The first-order valence-electron chi connectivity index (χ1n) is 8.64. The summed E-state index contributed by atoms with van der Waals surface area (Å²) in [6, 6.07) is 9.77. The molecule has 1 aliphatic carbocycles. The van der Waals surface area contributed by atoms with Crippen molar-refractivity contribution in [2.75, 3.05) is 20.3 Å². The quantitative estimate of drug-likeness (QED) is 0.749. The van der Waals surface area contributed by atoms with Crippen molar-refractivity contribution in [3.63, 3.8) is 0 Å². The predicted molar refractivity (Wildman–Crippen MR) is 87.0 cm³/mol. The van der Waals surface area contributed by atoms with Crippen molar-refractivity contribution in [1.82, 2.24) is 0 Å². The van der Waals surface area contributed by atoms with E-state index >= 15 is 0 Å². The van der Waals surface area contributed by atoms with E-state index in [9.17, 15) is 4.79 Å². The Bertz CT molecular complexity index is 611. The van der Waals surface area contributed by atoms with Gasteiger partial charge < -0.3 is 18.9 Å². The molecule has 3 aliphatic rings. The molecule has 5 heteroatoms. The maximum atomic E-state index is 12.3. The second-order valence-corrected chi connectivity index (χ2v) is 7.19. The third-order valence-corrected chi connectivity index (χ3v) is 5.74. The fourth-order valence-electron chi connectivity index (χ4n) is 4.29. The largest absolute Gasteiger partial charge is 0.493 e. The van der Waals surface area contributed by atoms with Crippen molar-refractivity contribution in [3.05, 3.63) is 30.3 Å². The third-order valence-electron chi connectivity index (χ3n) is 5.74. The first-order valence-corrected chi connectivity index (χ1v) is 8.64. The molecule has 1 saturated carbocycles. The van der Waals surface area contributed by atoms with Crippen LogP contribution in [0, 0.1) is 5.92 Å². The van der Waals surface area contributed by atoms with E-state index in [2.05, 4.69) is 6.92 Å². The minimum atomic E-state index is -0.425. The average Bonchev–Trinajstić information content (AvgIpc) is 3.49. The molecule has 2 aliphatic heterocycles. The van der Waals surface area contributed by atoms with Crippen LogP contribution in [0.1, 0.15) is 26.2 Å². The van der Waals surface area contributed by atoms with Crippen LogP contribution in [0.15, 0.2) is 30.3 Å². The van der Waals surface area contributed by atoms with Crippen LogP contribution in [-0.2, 0) is 19.0 Å². The Hall–Kier alpha value is -1.43. The van der Waals surface area contributed by atoms with Gasteiger partial charge >= 0.3 is 0 Å². The fraction of sp³-hybridized carbons (Fsp3) is 0.632. The molecule has 0 bridgehead atoms. The molecule has 0 aromatic heterocycles. The highest BCUT2D eigenvalue weighted by Gasteiger charge is 2.71. The maximum absolute atomic E-state index is 12.3. The van der Waals surface area contributed by atoms with E-state index in [1.54, 1.807) is 7.11 Å². The van der Waals surface area contributed by atoms with Gasteiger partial charge in [0.15, 0.2) is 5.78 Å². The van der Waals surface area contributed by atoms with E-state index < -0.39 is 6.10 Å². The first-order chi connectivity index (χ1) is 11.6. The van der Waals surface area contributed by atoms with Gasteiger partial charge in [-0.25, -0.2) is 0 Å². The summed E-state index contributed by atoms with van der Waals surface area (Å²) in [6.45, 7) is 3.38. The van der Waals surface area contributed by atoms with Crippen LogP contribution in [0.25, 0.3) is 0 Å². The molecule has 4 rings (SSSR count). The Morgan fingerprint density at radius 3 is 2.71 bits per heavy atom. The number of ether oxygens (including phenoxy) is 4. The normalized spacial score (nSPS) is 40.6. The summed E-state index contributed by atoms with van der Waals surface area (Å²) in [4.78, 5) is 12.3. The maximum Gasteiger partial charge on any atom is 0.162 e. The van der Waals surface area contributed by atoms with Crippen LogP contribution >= 0.6 is 0 Å². The molecule has 2 saturated heterocycles. The van der Waals surface area contributed by atoms with E-state index in [1.807, 2.05) is 30.3 Å². The number of benzene rings is 1. The zero-order valence-electron chi connectivity index (χ0n) is 14.2. The summed E-state index contributed by atoms with van der Waals surface area (Å²) in [6.07, 6.45) is 1.76. The number of carbonyl (C=O) groups excluding carboxylic acids is 1. The summed E-state index contributed by atoms with van der Waals surface area (Å²) < 4.78 is 23.1. The Morgan fingerprint density at radius 2 is 2.04 bits per heavy atom. The molecule has 0 N–H and O–H groups in total. The van der Waals surface area contributed by atoms with Crippen LogP contribution in [0.5, 0.6) is 5.75 Å². The molecule has 24 heavy (non-hydrogen) atoms. The fourth-order valence-corrected chi connectivity index (χ4v) is 4.29. The minimum absolute atomic E-state index is 0.0297. The molecule has 0 unspecified atom stereocenters. The lowest BCUT2D eigenvalue weighted by atomic mass is 9.69. The van der Waals surface area contributed by atoms with Crippen LogP contribution in [0.2, 0.25) is 0 Å². The van der Waals surface area contributed by atoms with Gasteiger partial charge in [0.2, 0.25) is 0 Å². The van der Waals surface area contributed by atoms with Crippen LogP contribution in [0.3, 0.4) is 0 Å². The average molecular weight is 332 g/mol. The number of para-hydroxylation sites is 1. The second kappa shape index (κ2) is 5.83. The van der Waals surface area contributed by atoms with Gasteiger partial charge in [-0.2, -0.15) is 0 Å². The third kappa shape index (κ3) is 2.65. The number of epoxide rings is 2. The van der Waals surface area contributed by atoms with E-state index in [0.717, 1.165) is 18.6 Å². The highest BCUT2D eigenvalue weighted by molar-refractivity contribution is 5.85. The molecule has 1 aromatic carbocycles. The van der Waals surface area contributed by atoms with E-state index in [1.165, 1.54) is 0 Å². The lowest BCUT2D eigenvalue weighted by molar-refractivity contribution is -0.142. The van der Waals surface area contributed by atoms with E-state index in [-0.39, 0.29) is 29.0 Å². The molecule has 2 heterocycles. The molecule has 3 fully saturated rings. The van der Waals surface area contributed by atoms with Crippen molar-refractivity contribution in [3.8, 4) is 5.75 Å². The number of carbonyl (C=O) groups is 1. The van der Waals surface area contributed by atoms with Gasteiger partial charge in [-0.15, -0.1) is 0 Å². The van der Waals surface area contributed by atoms with Crippen LogP contribution < -0.4 is 4.74 Å². The molecular formula is C19H24O5. The van der Waals surface area contributed by atoms with Gasteiger partial charge in [0.1, 0.15) is 23.1 Å². The molecule has 0 amide bonds. The van der Waals surface area contributed by atoms with Crippen molar-refractivity contribution in [2.45, 2.75) is 49.6 Å². The highest BCUT2D eigenvalue weighted by Crippen LogP contribution is 2.58. The van der Waals surface area contributed by atoms with Gasteiger partial charge in [-0.3, -0.25) is 4.79 Å². The number of methoxy groups -OCH3 is 1. The van der Waals surface area contributed by atoms with Crippen LogP contribution in [-0.4, -0.2) is 49.5 Å². The monoisotopic (exact) mass is 332 g/mol. The van der Waals surface area contributed by atoms with Gasteiger partial charge in [0.25, 0.3) is 0 Å². The lowest BCUT2D eigenvalue weighted by Gasteiger charge is -2.37. The zero-order valence-corrected chi connectivity index (χ0v) is 14.2. The Kier molecular flexibility index (Phi) is 3.90. The number of hydrogen-bond donors (Lipinski definition) is 0. The van der Waals surface area contributed by atoms with Crippen molar-refractivity contribution >= 4 is 5.78 Å². The Morgan fingerprint density at radius 1 is 1.29 bits per heavy atom. The van der Waals surface area contributed by atoms with Gasteiger partial charge in [0, 0.05) is 20.0 Å². The Labute approximate surface area is 142 Å². The number of hydrogen-bond acceptors (Lipinski definition) is 5. The molecule has 5 nitrogen and oxygen atoms in total. The Balaban J connectivity index is 1.39.